The molecule has 4 aliphatic carbocycles. The second kappa shape index (κ2) is 8.11. The van der Waals surface area contributed by atoms with Gasteiger partial charge < -0.3 is 20.5 Å². The first-order chi connectivity index (χ1) is 16.9. The topological polar surface area (TPSA) is 105 Å². The molecule has 0 aliphatic heterocycles. The number of carbonyl (C=O) groups is 3. The summed E-state index contributed by atoms with van der Waals surface area (Å²) in [5.41, 5.74) is 3.71. The highest BCUT2D eigenvalue weighted by atomic mass is 16.5. The van der Waals surface area contributed by atoms with Crippen LogP contribution in [0.1, 0.15) is 55.6 Å². The molecule has 0 aromatic heterocycles. The monoisotopic (exact) mass is 474 g/mol. The van der Waals surface area contributed by atoms with E-state index in [9.17, 15) is 19.5 Å². The van der Waals surface area contributed by atoms with Crippen molar-refractivity contribution in [1.82, 2.24) is 10.6 Å². The van der Waals surface area contributed by atoms with Crippen LogP contribution in [0, 0.1) is 17.3 Å². The molecule has 4 aliphatic rings. The fraction of sp³-hybridized carbons (Fsp3) is 0.464. The maximum Gasteiger partial charge on any atom is 0.407 e. The van der Waals surface area contributed by atoms with Gasteiger partial charge in [-0.05, 0) is 65.7 Å². The van der Waals surface area contributed by atoms with Gasteiger partial charge in [0.1, 0.15) is 12.1 Å². The lowest BCUT2D eigenvalue weighted by Crippen LogP contribution is -2.68. The van der Waals surface area contributed by atoms with E-state index in [1.807, 2.05) is 24.3 Å². The normalized spacial score (nSPS) is 24.3. The zero-order valence-electron chi connectivity index (χ0n) is 19.6. The van der Waals surface area contributed by atoms with Gasteiger partial charge in [0.15, 0.2) is 0 Å². The van der Waals surface area contributed by atoms with E-state index in [1.54, 1.807) is 0 Å². The van der Waals surface area contributed by atoms with Crippen LogP contribution in [-0.4, -0.2) is 41.8 Å². The van der Waals surface area contributed by atoms with E-state index < -0.39 is 17.6 Å². The summed E-state index contributed by atoms with van der Waals surface area (Å²) in [5.74, 6) is -1.38. The van der Waals surface area contributed by atoms with Gasteiger partial charge in [-0.2, -0.15) is 0 Å². The van der Waals surface area contributed by atoms with Crippen molar-refractivity contribution in [3.05, 3.63) is 59.7 Å². The molecule has 2 atom stereocenters. The number of hydrogen-bond donors (Lipinski definition) is 3. The Morgan fingerprint density at radius 1 is 0.971 bits per heavy atom. The first-order valence-electron chi connectivity index (χ1n) is 12.5. The second-order valence-electron chi connectivity index (χ2n) is 10.9. The number of carboxylic acid groups (broad SMARTS) is 1. The Bertz CT molecular complexity index is 1150. The van der Waals surface area contributed by atoms with E-state index in [-0.39, 0.29) is 35.7 Å². The fourth-order valence-corrected chi connectivity index (χ4v) is 6.54. The Morgan fingerprint density at radius 3 is 2.17 bits per heavy atom. The minimum absolute atomic E-state index is 0.00115. The minimum Gasteiger partial charge on any atom is -0.480 e. The number of benzene rings is 2. The largest absolute Gasteiger partial charge is 0.480 e. The van der Waals surface area contributed by atoms with Gasteiger partial charge in [0.05, 0.1) is 0 Å². The quantitative estimate of drug-likeness (QED) is 0.561. The molecule has 7 nitrogen and oxygen atoms in total. The summed E-state index contributed by atoms with van der Waals surface area (Å²) < 4.78 is 5.57. The van der Waals surface area contributed by atoms with Crippen LogP contribution in [0.25, 0.3) is 11.1 Å². The van der Waals surface area contributed by atoms with E-state index in [0.717, 1.165) is 30.4 Å². The molecule has 35 heavy (non-hydrogen) atoms. The number of aliphatic carboxylic acids is 1. The van der Waals surface area contributed by atoms with Crippen molar-refractivity contribution >= 4 is 18.0 Å². The molecule has 6 rings (SSSR count). The zero-order valence-corrected chi connectivity index (χ0v) is 19.6. The number of ether oxygens (including phenoxy) is 1. The van der Waals surface area contributed by atoms with E-state index in [4.69, 9.17) is 4.74 Å². The molecule has 0 saturated heterocycles. The van der Waals surface area contributed by atoms with Crippen LogP contribution in [0.3, 0.4) is 0 Å². The number of rotatable bonds is 7. The number of carboxylic acids is 1. The molecule has 3 N–H and O–H groups in total. The highest BCUT2D eigenvalue weighted by Crippen LogP contribution is 2.60. The van der Waals surface area contributed by atoms with Gasteiger partial charge in [-0.15, -0.1) is 0 Å². The molecule has 1 spiro atoms. The van der Waals surface area contributed by atoms with Crippen LogP contribution in [0.15, 0.2) is 48.5 Å². The Balaban J connectivity index is 0.984. The maximum absolute atomic E-state index is 12.7. The van der Waals surface area contributed by atoms with Crippen molar-refractivity contribution in [3.63, 3.8) is 0 Å². The van der Waals surface area contributed by atoms with Gasteiger partial charge in [-0.25, -0.2) is 9.59 Å². The molecule has 182 valence electrons. The molecule has 3 saturated carbocycles. The standard InChI is InChI=1S/C28H30N2O5/c31-24(30-28(25(32)33)15-27(16-28)10-5-11-27)22-12-17(22)13-29-26(34)35-14-23-20-8-3-1-6-18(20)19-7-2-4-9-21(19)23/h1-4,6-9,17,22-23H,5,10-16H2,(H,29,34)(H,30,31)(H,32,33)/t17-,22-/m1/s1. The van der Waals surface area contributed by atoms with Crippen LogP contribution in [0.4, 0.5) is 4.79 Å². The maximum atomic E-state index is 12.7. The highest BCUT2D eigenvalue weighted by molar-refractivity contribution is 5.90. The lowest BCUT2D eigenvalue weighted by molar-refractivity contribution is -0.166. The average molecular weight is 475 g/mol. The predicted molar refractivity (Wildman–Crippen MR) is 129 cm³/mol. The molecule has 7 heteroatoms. The van der Waals surface area contributed by atoms with Crippen LogP contribution in [0.2, 0.25) is 0 Å². The number of nitrogens with one attached hydrogen (secondary N) is 2. The molecule has 2 amide bonds. The van der Waals surface area contributed by atoms with Gasteiger partial charge in [0.25, 0.3) is 0 Å². The first-order valence-corrected chi connectivity index (χ1v) is 12.5. The molecule has 0 bridgehead atoms. The third kappa shape index (κ3) is 3.77. The number of hydrogen-bond acceptors (Lipinski definition) is 4. The molecule has 0 unspecified atom stereocenters. The molecular weight excluding hydrogens is 444 g/mol. The lowest BCUT2D eigenvalue weighted by Gasteiger charge is -2.59. The van der Waals surface area contributed by atoms with Crippen molar-refractivity contribution in [2.75, 3.05) is 13.2 Å². The molecule has 0 radical (unpaired) electrons. The second-order valence-corrected chi connectivity index (χ2v) is 10.9. The van der Waals surface area contributed by atoms with Gasteiger partial charge in [0.2, 0.25) is 5.91 Å². The van der Waals surface area contributed by atoms with Gasteiger partial charge in [-0.3, -0.25) is 4.79 Å². The van der Waals surface area contributed by atoms with Crippen molar-refractivity contribution in [3.8, 4) is 11.1 Å². The van der Waals surface area contributed by atoms with Gasteiger partial charge in [0, 0.05) is 18.4 Å². The molecule has 2 aromatic rings. The van der Waals surface area contributed by atoms with Crippen LogP contribution < -0.4 is 10.6 Å². The summed E-state index contributed by atoms with van der Waals surface area (Å²) in [4.78, 5) is 37.0. The summed E-state index contributed by atoms with van der Waals surface area (Å²) in [6, 6.07) is 16.4. The van der Waals surface area contributed by atoms with E-state index in [0.29, 0.717) is 25.8 Å². The van der Waals surface area contributed by atoms with Crippen LogP contribution >= 0.6 is 0 Å². The summed E-state index contributed by atoms with van der Waals surface area (Å²) in [7, 11) is 0. The summed E-state index contributed by atoms with van der Waals surface area (Å²) in [6.07, 6.45) is 4.51. The molecule has 3 fully saturated rings. The van der Waals surface area contributed by atoms with Crippen LogP contribution in [0.5, 0.6) is 0 Å². The summed E-state index contributed by atoms with van der Waals surface area (Å²) in [6.45, 7) is 0.593. The van der Waals surface area contributed by atoms with Crippen molar-refractivity contribution in [2.45, 2.75) is 50.0 Å². The molecule has 2 aromatic carbocycles. The highest BCUT2D eigenvalue weighted by Gasteiger charge is 2.62. The van der Waals surface area contributed by atoms with E-state index in [1.165, 1.54) is 11.1 Å². The number of carbonyl (C=O) groups excluding carboxylic acids is 2. The van der Waals surface area contributed by atoms with E-state index in [2.05, 4.69) is 34.9 Å². The Kier molecular flexibility index (Phi) is 5.13. The Morgan fingerprint density at radius 2 is 1.60 bits per heavy atom. The van der Waals surface area contributed by atoms with Crippen molar-refractivity contribution in [1.29, 1.82) is 0 Å². The SMILES string of the molecule is O=C(NC[C@H]1C[C@H]1C(=O)NC1(C(=O)O)CC2(CCC2)C1)OCC1c2ccccc2-c2ccccc21. The first kappa shape index (κ1) is 22.1. The Labute approximate surface area is 204 Å². The predicted octanol–water partition coefficient (Wildman–Crippen LogP) is 4.06. The zero-order chi connectivity index (χ0) is 24.2. The molecule has 0 heterocycles. The Hall–Kier alpha value is -3.35. The third-order valence-electron chi connectivity index (χ3n) is 8.65. The van der Waals surface area contributed by atoms with Crippen molar-refractivity contribution < 1.29 is 24.2 Å². The van der Waals surface area contributed by atoms with Crippen molar-refractivity contribution in [2.24, 2.45) is 17.3 Å². The molecular formula is C28H30N2O5. The van der Waals surface area contributed by atoms with Crippen LogP contribution in [-0.2, 0) is 14.3 Å². The lowest BCUT2D eigenvalue weighted by atomic mass is 9.48. The smallest absolute Gasteiger partial charge is 0.407 e. The third-order valence-corrected chi connectivity index (χ3v) is 8.65. The summed E-state index contributed by atoms with van der Waals surface area (Å²) in [5, 5.41) is 15.3. The van der Waals surface area contributed by atoms with Gasteiger partial charge in [-0.1, -0.05) is 55.0 Å². The average Bonchev–Trinajstić information content (AvgIpc) is 3.52. The number of alkyl carbamates (subject to hydrolysis) is 1. The number of fused-ring (bicyclic) bond motifs is 3. The van der Waals surface area contributed by atoms with E-state index >= 15 is 0 Å². The van der Waals surface area contributed by atoms with Gasteiger partial charge >= 0.3 is 12.1 Å². The summed E-state index contributed by atoms with van der Waals surface area (Å²) >= 11 is 0. The number of amides is 2. The minimum atomic E-state index is -1.11. The fourth-order valence-electron chi connectivity index (χ4n) is 6.54.